The number of benzene rings is 4. The molecule has 3 unspecified atom stereocenters. The van der Waals surface area contributed by atoms with Crippen LogP contribution in [-0.4, -0.2) is 0 Å². The Labute approximate surface area is 360 Å². The molecule has 4 aromatic carbocycles. The fourth-order valence-corrected chi connectivity index (χ4v) is 8.90. The van der Waals surface area contributed by atoms with Gasteiger partial charge in [-0.3, -0.25) is 0 Å². The largest absolute Gasteiger partial charge is 0.321 e. The SMILES string of the molecule is CC(C)c1ccc(N(/C=C/C(c2ccccc2)C2C=C/C(=C(/C=C/C3C=CC=CC3)N(C3=CC=CCC3)c3ccc(C(C)C)cc3)c3ccccc32)C2=CC=CCC2)cc1. The topological polar surface area (TPSA) is 6.48 Å². The molecule has 0 aliphatic heterocycles. The minimum absolute atomic E-state index is 0.103. The summed E-state index contributed by atoms with van der Waals surface area (Å²) in [4.78, 5) is 4.95. The van der Waals surface area contributed by atoms with Gasteiger partial charge in [-0.05, 0) is 120 Å². The third-order valence-corrected chi connectivity index (χ3v) is 12.4. The van der Waals surface area contributed by atoms with E-state index >= 15 is 0 Å². The molecule has 4 aliphatic carbocycles. The van der Waals surface area contributed by atoms with E-state index in [0.717, 1.165) is 32.1 Å². The highest BCUT2D eigenvalue weighted by molar-refractivity contribution is 5.87. The minimum atomic E-state index is 0.103. The van der Waals surface area contributed by atoms with Gasteiger partial charge in [0.05, 0.1) is 5.70 Å². The van der Waals surface area contributed by atoms with E-state index in [1.54, 1.807) is 0 Å². The van der Waals surface area contributed by atoms with Gasteiger partial charge in [-0.15, -0.1) is 0 Å². The first-order chi connectivity index (χ1) is 29.4. The van der Waals surface area contributed by atoms with Crippen LogP contribution in [0, 0.1) is 5.92 Å². The van der Waals surface area contributed by atoms with Crippen molar-refractivity contribution in [3.8, 4) is 0 Å². The highest BCUT2D eigenvalue weighted by atomic mass is 15.2. The molecular weight excluding hydrogens is 725 g/mol. The first kappa shape index (κ1) is 40.7. The van der Waals surface area contributed by atoms with Crippen LogP contribution in [0.1, 0.15) is 111 Å². The first-order valence-electron chi connectivity index (χ1n) is 22.2. The molecule has 0 saturated heterocycles. The van der Waals surface area contributed by atoms with Crippen molar-refractivity contribution < 1.29 is 0 Å². The van der Waals surface area contributed by atoms with Gasteiger partial charge >= 0.3 is 0 Å². The van der Waals surface area contributed by atoms with Gasteiger partial charge in [0, 0.05) is 46.4 Å². The number of anilines is 2. The summed E-state index contributed by atoms with van der Waals surface area (Å²) in [5.41, 5.74) is 14.1. The van der Waals surface area contributed by atoms with E-state index in [0.29, 0.717) is 17.8 Å². The normalized spacial score (nSPS) is 19.8. The molecule has 0 fully saturated rings. The van der Waals surface area contributed by atoms with Crippen LogP contribution in [0.5, 0.6) is 0 Å². The summed E-state index contributed by atoms with van der Waals surface area (Å²) in [5.74, 6) is 1.54. The van der Waals surface area contributed by atoms with E-state index in [1.807, 2.05) is 0 Å². The summed E-state index contributed by atoms with van der Waals surface area (Å²) in [6.45, 7) is 9.07. The Kier molecular flexibility index (Phi) is 13.1. The van der Waals surface area contributed by atoms with Crippen LogP contribution >= 0.6 is 0 Å². The Morgan fingerprint density at radius 1 is 0.617 bits per heavy atom. The number of nitrogens with zero attached hydrogens (tertiary/aromatic N) is 2. The number of hydrogen-bond donors (Lipinski definition) is 0. The van der Waals surface area contributed by atoms with Crippen LogP contribution in [0.25, 0.3) is 5.57 Å². The molecule has 0 heterocycles. The number of allylic oxidation sites excluding steroid dienone is 18. The van der Waals surface area contributed by atoms with Crippen LogP contribution in [0.2, 0.25) is 0 Å². The van der Waals surface area contributed by atoms with Gasteiger partial charge in [0.25, 0.3) is 0 Å². The van der Waals surface area contributed by atoms with Crippen LogP contribution in [-0.2, 0) is 0 Å². The molecule has 2 nitrogen and oxygen atoms in total. The molecule has 0 radical (unpaired) electrons. The molecule has 0 amide bonds. The standard InChI is InChI=1S/C58H60N2/c1-43(2)46-30-34-50(35-31-46)59(49-23-13-7-14-24-49)42-41-53(48-21-11-6-12-22-48)56-38-39-57(55-28-18-17-27-54(55)56)58(40-29-45-19-9-5-10-20-45)60(51-25-15-8-16-26-51)52-36-32-47(33-37-52)44(3)4/h5-13,15,17-19,21-23,25,27-45,53,56H,14,16,20,24,26H2,1-4H3/b40-29+,42-41+,58-57+. The molecule has 0 aromatic heterocycles. The number of fused-ring (bicyclic) bond motifs is 1. The summed E-state index contributed by atoms with van der Waals surface area (Å²) >= 11 is 0. The van der Waals surface area contributed by atoms with Gasteiger partial charge in [-0.2, -0.15) is 0 Å². The van der Waals surface area contributed by atoms with Crippen molar-refractivity contribution in [1.82, 2.24) is 0 Å². The predicted molar refractivity (Wildman–Crippen MR) is 258 cm³/mol. The molecule has 2 heteroatoms. The lowest BCUT2D eigenvalue weighted by Gasteiger charge is -2.35. The predicted octanol–water partition coefficient (Wildman–Crippen LogP) is 15.8. The molecule has 0 bridgehead atoms. The highest BCUT2D eigenvalue weighted by Crippen LogP contribution is 2.45. The fraction of sp³-hybridized carbons (Fsp3) is 0.241. The van der Waals surface area contributed by atoms with Gasteiger partial charge in [-0.1, -0.05) is 179 Å². The Hall–Kier alpha value is -6.12. The summed E-state index contributed by atoms with van der Waals surface area (Å²) in [7, 11) is 0. The van der Waals surface area contributed by atoms with Crippen LogP contribution < -0.4 is 9.80 Å². The molecule has 0 spiro atoms. The average Bonchev–Trinajstić information content (AvgIpc) is 3.30. The van der Waals surface area contributed by atoms with Gasteiger partial charge in [0.1, 0.15) is 0 Å². The van der Waals surface area contributed by atoms with Crippen molar-refractivity contribution in [3.63, 3.8) is 0 Å². The van der Waals surface area contributed by atoms with Gasteiger partial charge < -0.3 is 9.80 Å². The zero-order valence-corrected chi connectivity index (χ0v) is 35.9. The second-order valence-electron chi connectivity index (χ2n) is 17.1. The van der Waals surface area contributed by atoms with Crippen LogP contribution in [0.4, 0.5) is 11.4 Å². The van der Waals surface area contributed by atoms with E-state index < -0.39 is 0 Å². The van der Waals surface area contributed by atoms with E-state index in [1.165, 1.54) is 61.9 Å². The third-order valence-electron chi connectivity index (χ3n) is 12.4. The van der Waals surface area contributed by atoms with Gasteiger partial charge in [-0.25, -0.2) is 0 Å². The molecule has 4 aromatic rings. The smallest absolute Gasteiger partial charge is 0.0533 e. The molecule has 302 valence electrons. The van der Waals surface area contributed by atoms with Crippen LogP contribution in [0.15, 0.2) is 218 Å². The maximum absolute atomic E-state index is 2.53. The van der Waals surface area contributed by atoms with Crippen LogP contribution in [0.3, 0.4) is 0 Å². The van der Waals surface area contributed by atoms with E-state index in [2.05, 4.69) is 238 Å². The lowest BCUT2D eigenvalue weighted by Crippen LogP contribution is -2.24. The second kappa shape index (κ2) is 19.3. The maximum Gasteiger partial charge on any atom is 0.0533 e. The molecule has 0 saturated carbocycles. The molecule has 3 atom stereocenters. The van der Waals surface area contributed by atoms with Crippen molar-refractivity contribution in [2.24, 2.45) is 5.92 Å². The van der Waals surface area contributed by atoms with Crippen molar-refractivity contribution in [3.05, 3.63) is 245 Å². The Balaban J connectivity index is 1.27. The average molecular weight is 785 g/mol. The Morgan fingerprint density at radius 3 is 1.90 bits per heavy atom. The van der Waals surface area contributed by atoms with E-state index in [4.69, 9.17) is 0 Å². The van der Waals surface area contributed by atoms with E-state index in [-0.39, 0.29) is 11.8 Å². The van der Waals surface area contributed by atoms with E-state index in [9.17, 15) is 0 Å². The Morgan fingerprint density at radius 2 is 1.27 bits per heavy atom. The summed E-state index contributed by atoms with van der Waals surface area (Å²) in [6.07, 6.45) is 42.1. The fourth-order valence-electron chi connectivity index (χ4n) is 8.90. The number of hydrogen-bond acceptors (Lipinski definition) is 2. The summed E-state index contributed by atoms with van der Waals surface area (Å²) in [5, 5.41) is 0. The van der Waals surface area contributed by atoms with Crippen molar-refractivity contribution in [1.29, 1.82) is 0 Å². The molecule has 4 aliphatic rings. The monoisotopic (exact) mass is 784 g/mol. The van der Waals surface area contributed by atoms with Crippen molar-refractivity contribution in [2.45, 2.75) is 83.5 Å². The zero-order chi connectivity index (χ0) is 41.3. The van der Waals surface area contributed by atoms with Gasteiger partial charge in [0.2, 0.25) is 0 Å². The first-order valence-corrected chi connectivity index (χ1v) is 22.2. The quantitative estimate of drug-likeness (QED) is 0.133. The molecule has 0 N–H and O–H groups in total. The zero-order valence-electron chi connectivity index (χ0n) is 35.9. The second-order valence-corrected chi connectivity index (χ2v) is 17.1. The minimum Gasteiger partial charge on any atom is -0.321 e. The van der Waals surface area contributed by atoms with Crippen molar-refractivity contribution >= 4 is 16.9 Å². The lowest BCUT2D eigenvalue weighted by molar-refractivity contribution is 0.728. The molecular formula is C58H60N2. The summed E-state index contributed by atoms with van der Waals surface area (Å²) < 4.78 is 0. The third kappa shape index (κ3) is 9.35. The van der Waals surface area contributed by atoms with Gasteiger partial charge in [0.15, 0.2) is 0 Å². The molecule has 60 heavy (non-hydrogen) atoms. The Bertz CT molecular complexity index is 2400. The maximum atomic E-state index is 2.53. The highest BCUT2D eigenvalue weighted by Gasteiger charge is 2.30. The molecule has 8 rings (SSSR count). The lowest BCUT2D eigenvalue weighted by atomic mass is 9.75. The number of rotatable bonds is 13. The summed E-state index contributed by atoms with van der Waals surface area (Å²) in [6, 6.07) is 38.7. The van der Waals surface area contributed by atoms with Crippen molar-refractivity contribution in [2.75, 3.05) is 9.80 Å².